The van der Waals surface area contributed by atoms with Crippen molar-refractivity contribution in [2.75, 3.05) is 5.32 Å². The molecule has 1 N–H and O–H groups in total. The van der Waals surface area contributed by atoms with Crippen LogP contribution in [0.15, 0.2) is 36.9 Å². The maximum absolute atomic E-state index is 4.66. The highest BCUT2D eigenvalue weighted by Gasteiger charge is 2.11. The Bertz CT molecular complexity index is 925. The molecule has 0 saturated carbocycles. The van der Waals surface area contributed by atoms with E-state index in [1.54, 1.807) is 12.4 Å². The molecule has 25 heavy (non-hydrogen) atoms. The Balaban J connectivity index is 1.62. The summed E-state index contributed by atoms with van der Waals surface area (Å²) in [5.74, 6) is 2.34. The number of fused-ring (bicyclic) bond motifs is 1. The lowest BCUT2D eigenvalue weighted by molar-refractivity contribution is 0.617. The Labute approximate surface area is 147 Å². The smallest absolute Gasteiger partial charge is 0.157 e. The normalized spacial score (nSPS) is 14.8. The summed E-state index contributed by atoms with van der Waals surface area (Å²) < 4.78 is 2.14. The molecular weight excluding hydrogens is 312 g/mol. The van der Waals surface area contributed by atoms with E-state index in [0.717, 1.165) is 41.3 Å². The van der Waals surface area contributed by atoms with Crippen LogP contribution in [0.2, 0.25) is 0 Å². The van der Waals surface area contributed by atoms with Gasteiger partial charge in [-0.05, 0) is 51.2 Å². The third kappa shape index (κ3) is 3.24. The molecule has 4 rings (SSSR count). The number of hydrogen-bond donors (Lipinski definition) is 1. The molecule has 0 aliphatic heterocycles. The van der Waals surface area contributed by atoms with Gasteiger partial charge in [-0.1, -0.05) is 6.08 Å². The Morgan fingerprint density at radius 1 is 1.12 bits per heavy atom. The number of aromatic nitrogens is 5. The van der Waals surface area contributed by atoms with E-state index in [4.69, 9.17) is 0 Å². The third-order valence-corrected chi connectivity index (χ3v) is 4.51. The van der Waals surface area contributed by atoms with Crippen LogP contribution in [0, 0.1) is 0 Å². The summed E-state index contributed by atoms with van der Waals surface area (Å²) in [5, 5.41) is 3.30. The third-order valence-electron chi connectivity index (χ3n) is 4.51. The molecule has 0 amide bonds. The van der Waals surface area contributed by atoms with E-state index in [9.17, 15) is 0 Å². The van der Waals surface area contributed by atoms with E-state index in [2.05, 4.69) is 49.7 Å². The molecule has 0 fully saturated rings. The van der Waals surface area contributed by atoms with Gasteiger partial charge >= 0.3 is 0 Å². The van der Waals surface area contributed by atoms with E-state index in [1.165, 1.54) is 18.4 Å². The van der Waals surface area contributed by atoms with Crippen LogP contribution >= 0.6 is 0 Å². The van der Waals surface area contributed by atoms with Crippen molar-refractivity contribution in [1.82, 2.24) is 24.5 Å². The lowest BCUT2D eigenvalue weighted by atomic mass is 9.99. The monoisotopic (exact) mass is 334 g/mol. The molecule has 6 heteroatoms. The molecule has 3 aromatic rings. The molecule has 1 aliphatic carbocycles. The van der Waals surface area contributed by atoms with Crippen LogP contribution in [0.25, 0.3) is 16.6 Å². The van der Waals surface area contributed by atoms with Gasteiger partial charge in [0.15, 0.2) is 5.82 Å². The first kappa shape index (κ1) is 15.7. The predicted octanol–water partition coefficient (Wildman–Crippen LogP) is 4.50. The molecule has 0 bridgehead atoms. The van der Waals surface area contributed by atoms with Crippen LogP contribution in [0.1, 0.15) is 51.4 Å². The first-order chi connectivity index (χ1) is 12.2. The largest absolute Gasteiger partial charge is 0.328 e. The van der Waals surface area contributed by atoms with Crippen LogP contribution in [0.3, 0.4) is 0 Å². The minimum absolute atomic E-state index is 0.351. The average Bonchev–Trinajstić information content (AvgIpc) is 3.06. The molecule has 0 spiro atoms. The Hall–Kier alpha value is -2.76. The molecule has 0 unspecified atom stereocenters. The van der Waals surface area contributed by atoms with Gasteiger partial charge in [0.2, 0.25) is 0 Å². The summed E-state index contributed by atoms with van der Waals surface area (Å²) in [6.45, 7) is 4.28. The zero-order valence-electron chi connectivity index (χ0n) is 14.6. The summed E-state index contributed by atoms with van der Waals surface area (Å²) in [5.41, 5.74) is 3.21. The van der Waals surface area contributed by atoms with Gasteiger partial charge < -0.3 is 9.88 Å². The quantitative estimate of drug-likeness (QED) is 0.760. The molecule has 3 aromatic heterocycles. The molecule has 0 atom stereocenters. The van der Waals surface area contributed by atoms with Crippen molar-refractivity contribution in [2.24, 2.45) is 0 Å². The van der Waals surface area contributed by atoms with Gasteiger partial charge in [-0.2, -0.15) is 0 Å². The van der Waals surface area contributed by atoms with Crippen LogP contribution < -0.4 is 5.32 Å². The first-order valence-electron chi connectivity index (χ1n) is 8.83. The molecule has 1 aliphatic rings. The summed E-state index contributed by atoms with van der Waals surface area (Å²) in [7, 11) is 0. The molecule has 6 nitrogen and oxygen atoms in total. The van der Waals surface area contributed by atoms with Crippen molar-refractivity contribution in [2.45, 2.75) is 45.6 Å². The highest BCUT2D eigenvalue weighted by atomic mass is 15.1. The van der Waals surface area contributed by atoms with Crippen molar-refractivity contribution in [1.29, 1.82) is 0 Å². The Kier molecular flexibility index (Phi) is 4.17. The molecular formula is C19H22N6. The van der Waals surface area contributed by atoms with Crippen LogP contribution in [0.5, 0.6) is 0 Å². The fourth-order valence-electron chi connectivity index (χ4n) is 3.17. The number of imidazole rings is 1. The minimum atomic E-state index is 0.351. The number of rotatable bonds is 4. The molecule has 0 saturated heterocycles. The standard InChI is InChI=1S/C19H22N6/c1-13(2)25-12-22-15-11-21-18(10-16(15)25)23-17-8-9-20-19(24-17)14-6-4-3-5-7-14/h6,8-13H,3-5,7H2,1-2H3,(H,20,21,23,24). The Morgan fingerprint density at radius 2 is 2.04 bits per heavy atom. The van der Waals surface area contributed by atoms with Crippen LogP contribution in [-0.4, -0.2) is 24.5 Å². The molecule has 128 valence electrons. The second kappa shape index (κ2) is 6.63. The lowest BCUT2D eigenvalue weighted by Crippen LogP contribution is -2.03. The van der Waals surface area contributed by atoms with Gasteiger partial charge in [-0.3, -0.25) is 0 Å². The fraction of sp³-hybridized carbons (Fsp3) is 0.368. The maximum Gasteiger partial charge on any atom is 0.157 e. The van der Waals surface area contributed by atoms with Gasteiger partial charge in [-0.25, -0.2) is 19.9 Å². The van der Waals surface area contributed by atoms with E-state index in [1.807, 2.05) is 18.5 Å². The zero-order valence-corrected chi connectivity index (χ0v) is 14.6. The van der Waals surface area contributed by atoms with Gasteiger partial charge in [0.05, 0.1) is 18.0 Å². The highest BCUT2D eigenvalue weighted by Crippen LogP contribution is 2.26. The molecule has 0 radical (unpaired) electrons. The van der Waals surface area contributed by atoms with Crippen molar-refractivity contribution in [3.05, 3.63) is 42.8 Å². The predicted molar refractivity (Wildman–Crippen MR) is 99.7 cm³/mol. The lowest BCUT2D eigenvalue weighted by Gasteiger charge is -2.12. The van der Waals surface area contributed by atoms with Crippen LogP contribution in [-0.2, 0) is 0 Å². The van der Waals surface area contributed by atoms with E-state index in [-0.39, 0.29) is 0 Å². The van der Waals surface area contributed by atoms with Gasteiger partial charge in [0, 0.05) is 18.3 Å². The van der Waals surface area contributed by atoms with Gasteiger partial charge in [-0.15, -0.1) is 0 Å². The number of nitrogens with one attached hydrogen (secondary N) is 1. The number of allylic oxidation sites excluding steroid dienone is 2. The molecule has 0 aromatic carbocycles. The van der Waals surface area contributed by atoms with Crippen molar-refractivity contribution < 1.29 is 0 Å². The van der Waals surface area contributed by atoms with Crippen LogP contribution in [0.4, 0.5) is 11.6 Å². The summed E-state index contributed by atoms with van der Waals surface area (Å²) in [6.07, 6.45) is 12.4. The first-order valence-corrected chi connectivity index (χ1v) is 8.83. The summed E-state index contributed by atoms with van der Waals surface area (Å²) in [4.78, 5) is 18.0. The Morgan fingerprint density at radius 3 is 2.84 bits per heavy atom. The summed E-state index contributed by atoms with van der Waals surface area (Å²) >= 11 is 0. The van der Waals surface area contributed by atoms with E-state index >= 15 is 0 Å². The highest BCUT2D eigenvalue weighted by molar-refractivity contribution is 5.78. The van der Waals surface area contributed by atoms with E-state index < -0.39 is 0 Å². The topological polar surface area (TPSA) is 68.5 Å². The minimum Gasteiger partial charge on any atom is -0.328 e. The number of nitrogens with zero attached hydrogens (tertiary/aromatic N) is 5. The number of anilines is 2. The van der Waals surface area contributed by atoms with E-state index in [0.29, 0.717) is 6.04 Å². The average molecular weight is 334 g/mol. The van der Waals surface area contributed by atoms with Gasteiger partial charge in [0.25, 0.3) is 0 Å². The number of pyridine rings is 1. The molecule has 3 heterocycles. The SMILES string of the molecule is CC(C)n1cnc2cnc(Nc3ccnc(C4=CCCCC4)n3)cc21. The van der Waals surface area contributed by atoms with Crippen molar-refractivity contribution in [3.8, 4) is 0 Å². The van der Waals surface area contributed by atoms with Crippen molar-refractivity contribution >= 4 is 28.2 Å². The zero-order chi connectivity index (χ0) is 17.2. The fourth-order valence-corrected chi connectivity index (χ4v) is 3.17. The summed E-state index contributed by atoms with van der Waals surface area (Å²) in [6, 6.07) is 4.24. The van der Waals surface area contributed by atoms with Crippen molar-refractivity contribution in [3.63, 3.8) is 0 Å². The second-order valence-corrected chi connectivity index (χ2v) is 6.67. The maximum atomic E-state index is 4.66. The second-order valence-electron chi connectivity index (χ2n) is 6.67. The number of hydrogen-bond acceptors (Lipinski definition) is 5. The van der Waals surface area contributed by atoms with Gasteiger partial charge in [0.1, 0.15) is 17.2 Å².